The zero-order valence-electron chi connectivity index (χ0n) is 13.2. The number of para-hydroxylation sites is 2. The molecule has 3 rings (SSSR count). The number of hydrogen-bond acceptors (Lipinski definition) is 3. The molecule has 0 radical (unpaired) electrons. The van der Waals surface area contributed by atoms with E-state index in [9.17, 15) is 0 Å². The van der Waals surface area contributed by atoms with Crippen LogP contribution < -0.4 is 9.47 Å². The minimum atomic E-state index is 0.760. The van der Waals surface area contributed by atoms with E-state index in [1.165, 1.54) is 11.1 Å². The lowest BCUT2D eigenvalue weighted by atomic mass is 10.1. The highest BCUT2D eigenvalue weighted by molar-refractivity contribution is 5.75. The van der Waals surface area contributed by atoms with Crippen molar-refractivity contribution in [3.63, 3.8) is 0 Å². The van der Waals surface area contributed by atoms with Gasteiger partial charge in [-0.3, -0.25) is 0 Å². The molecule has 0 spiro atoms. The quantitative estimate of drug-likeness (QED) is 0.721. The predicted octanol–water partition coefficient (Wildman–Crippen LogP) is 3.60. The van der Waals surface area contributed by atoms with Crippen LogP contribution in [0.15, 0.2) is 42.5 Å². The zero-order chi connectivity index (χ0) is 15.5. The third-order valence-corrected chi connectivity index (χ3v) is 3.92. The van der Waals surface area contributed by atoms with Crippen molar-refractivity contribution in [1.82, 2.24) is 9.55 Å². The second-order valence-electron chi connectivity index (χ2n) is 5.24. The Morgan fingerprint density at radius 2 is 1.77 bits per heavy atom. The maximum Gasteiger partial charge on any atom is 0.160 e. The summed E-state index contributed by atoms with van der Waals surface area (Å²) in [6.07, 6.45) is 0.918. The number of imidazole rings is 1. The van der Waals surface area contributed by atoms with Crippen molar-refractivity contribution in [2.45, 2.75) is 19.9 Å². The molecule has 0 amide bonds. The first-order valence-corrected chi connectivity index (χ1v) is 7.35. The Morgan fingerprint density at radius 1 is 1.00 bits per heavy atom. The number of aryl methyl sites for hydroxylation is 3. The van der Waals surface area contributed by atoms with Crippen molar-refractivity contribution in [2.24, 2.45) is 0 Å². The predicted molar refractivity (Wildman–Crippen MR) is 87.7 cm³/mol. The van der Waals surface area contributed by atoms with Gasteiger partial charge in [0.05, 0.1) is 25.3 Å². The number of fused-ring (bicyclic) bond motifs is 1. The molecule has 3 aromatic rings. The van der Waals surface area contributed by atoms with Crippen LogP contribution in [0.1, 0.15) is 11.4 Å². The number of benzene rings is 2. The smallest absolute Gasteiger partial charge is 0.160 e. The van der Waals surface area contributed by atoms with Gasteiger partial charge in [0.2, 0.25) is 0 Å². The van der Waals surface area contributed by atoms with Crippen LogP contribution in [0.4, 0.5) is 0 Å². The number of methoxy groups -OCH3 is 2. The topological polar surface area (TPSA) is 36.3 Å². The maximum atomic E-state index is 5.36. The molecule has 0 fully saturated rings. The fourth-order valence-electron chi connectivity index (χ4n) is 2.76. The summed E-state index contributed by atoms with van der Waals surface area (Å²) in [7, 11) is 3.31. The van der Waals surface area contributed by atoms with Crippen molar-refractivity contribution in [3.05, 3.63) is 53.9 Å². The van der Waals surface area contributed by atoms with E-state index < -0.39 is 0 Å². The van der Waals surface area contributed by atoms with Gasteiger partial charge in [0.1, 0.15) is 5.82 Å². The summed E-state index contributed by atoms with van der Waals surface area (Å²) in [5.74, 6) is 2.57. The first-order valence-electron chi connectivity index (χ1n) is 7.35. The van der Waals surface area contributed by atoms with E-state index in [4.69, 9.17) is 9.47 Å². The molecule has 0 atom stereocenters. The summed E-state index contributed by atoms with van der Waals surface area (Å²) in [5.41, 5.74) is 3.45. The van der Waals surface area contributed by atoms with Crippen LogP contribution in [0.3, 0.4) is 0 Å². The van der Waals surface area contributed by atoms with Gasteiger partial charge in [-0.25, -0.2) is 4.98 Å². The first kappa shape index (κ1) is 14.4. The molecule has 0 unspecified atom stereocenters. The lowest BCUT2D eigenvalue weighted by Crippen LogP contribution is -2.03. The van der Waals surface area contributed by atoms with Gasteiger partial charge in [0.25, 0.3) is 0 Å². The van der Waals surface area contributed by atoms with Gasteiger partial charge in [0.15, 0.2) is 11.5 Å². The first-order chi connectivity index (χ1) is 10.7. The highest BCUT2D eigenvalue weighted by Crippen LogP contribution is 2.28. The molecule has 0 aliphatic rings. The van der Waals surface area contributed by atoms with Crippen LogP contribution in [-0.2, 0) is 13.0 Å². The molecule has 22 heavy (non-hydrogen) atoms. The molecule has 0 aliphatic carbocycles. The number of ether oxygens (including phenoxy) is 2. The molecular weight excluding hydrogens is 276 g/mol. The van der Waals surface area contributed by atoms with E-state index in [0.717, 1.165) is 35.8 Å². The van der Waals surface area contributed by atoms with Crippen LogP contribution in [-0.4, -0.2) is 23.8 Å². The molecule has 1 heterocycles. The second-order valence-corrected chi connectivity index (χ2v) is 5.24. The van der Waals surface area contributed by atoms with E-state index >= 15 is 0 Å². The molecule has 114 valence electrons. The Bertz CT molecular complexity index is 793. The summed E-state index contributed by atoms with van der Waals surface area (Å²) in [6.45, 7) is 2.94. The molecular formula is C18H20N2O2. The van der Waals surface area contributed by atoms with Gasteiger partial charge in [-0.2, -0.15) is 0 Å². The molecule has 0 aliphatic heterocycles. The van der Waals surface area contributed by atoms with Crippen molar-refractivity contribution in [3.8, 4) is 11.5 Å². The van der Waals surface area contributed by atoms with Crippen molar-refractivity contribution in [1.29, 1.82) is 0 Å². The zero-order valence-corrected chi connectivity index (χ0v) is 13.2. The molecule has 0 saturated heterocycles. The number of rotatable bonds is 5. The Morgan fingerprint density at radius 3 is 2.55 bits per heavy atom. The van der Waals surface area contributed by atoms with E-state index in [2.05, 4.69) is 40.7 Å². The molecule has 0 bridgehead atoms. The Labute approximate surface area is 130 Å². The number of aromatic nitrogens is 2. The Hall–Kier alpha value is -2.49. The fraction of sp³-hybridized carbons (Fsp3) is 0.278. The number of hydrogen-bond donors (Lipinski definition) is 0. The van der Waals surface area contributed by atoms with Crippen LogP contribution in [0.25, 0.3) is 11.0 Å². The second kappa shape index (κ2) is 6.10. The maximum absolute atomic E-state index is 5.36. The Kier molecular flexibility index (Phi) is 4.00. The van der Waals surface area contributed by atoms with Crippen LogP contribution in [0.5, 0.6) is 11.5 Å². The van der Waals surface area contributed by atoms with Gasteiger partial charge in [-0.1, -0.05) is 18.2 Å². The minimum Gasteiger partial charge on any atom is -0.493 e. The summed E-state index contributed by atoms with van der Waals surface area (Å²) in [4.78, 5) is 4.60. The van der Waals surface area contributed by atoms with E-state index in [1.54, 1.807) is 14.2 Å². The average molecular weight is 296 g/mol. The van der Waals surface area contributed by atoms with Gasteiger partial charge in [-0.15, -0.1) is 0 Å². The monoisotopic (exact) mass is 296 g/mol. The molecule has 1 aromatic heterocycles. The van der Waals surface area contributed by atoms with Crippen molar-refractivity contribution < 1.29 is 9.47 Å². The molecule has 4 nitrogen and oxygen atoms in total. The van der Waals surface area contributed by atoms with Crippen molar-refractivity contribution in [2.75, 3.05) is 14.2 Å². The minimum absolute atomic E-state index is 0.760. The molecule has 4 heteroatoms. The van der Waals surface area contributed by atoms with Gasteiger partial charge < -0.3 is 14.0 Å². The SMILES string of the molecule is COc1ccc(CCn2c(C)nc3ccccc32)cc1OC. The summed E-state index contributed by atoms with van der Waals surface area (Å²) < 4.78 is 12.9. The summed E-state index contributed by atoms with van der Waals surface area (Å²) in [5, 5.41) is 0. The van der Waals surface area contributed by atoms with Gasteiger partial charge in [-0.05, 0) is 43.2 Å². The van der Waals surface area contributed by atoms with Crippen LogP contribution in [0.2, 0.25) is 0 Å². The normalized spacial score (nSPS) is 10.9. The lowest BCUT2D eigenvalue weighted by Gasteiger charge is -2.11. The third-order valence-electron chi connectivity index (χ3n) is 3.92. The van der Waals surface area contributed by atoms with E-state index in [0.29, 0.717) is 0 Å². The largest absolute Gasteiger partial charge is 0.493 e. The summed E-state index contributed by atoms with van der Waals surface area (Å²) >= 11 is 0. The molecule has 2 aromatic carbocycles. The van der Waals surface area contributed by atoms with Gasteiger partial charge >= 0.3 is 0 Å². The van der Waals surface area contributed by atoms with Crippen LogP contribution in [0, 0.1) is 6.92 Å². The highest BCUT2D eigenvalue weighted by Gasteiger charge is 2.08. The van der Waals surface area contributed by atoms with E-state index in [-0.39, 0.29) is 0 Å². The lowest BCUT2D eigenvalue weighted by molar-refractivity contribution is 0.354. The Balaban J connectivity index is 1.83. The third kappa shape index (κ3) is 2.64. The average Bonchev–Trinajstić information content (AvgIpc) is 2.87. The summed E-state index contributed by atoms with van der Waals surface area (Å²) in [6, 6.07) is 14.3. The fourth-order valence-corrected chi connectivity index (χ4v) is 2.76. The van der Waals surface area contributed by atoms with E-state index in [1.807, 2.05) is 18.2 Å². The number of nitrogens with zero attached hydrogens (tertiary/aromatic N) is 2. The van der Waals surface area contributed by atoms with Crippen molar-refractivity contribution >= 4 is 11.0 Å². The standard InChI is InChI=1S/C18H20N2O2/c1-13-19-15-6-4-5-7-16(15)20(13)11-10-14-8-9-17(21-2)18(12-14)22-3/h4-9,12H,10-11H2,1-3H3. The highest BCUT2D eigenvalue weighted by atomic mass is 16.5. The van der Waals surface area contributed by atoms with Gasteiger partial charge in [0, 0.05) is 6.54 Å². The van der Waals surface area contributed by atoms with Crippen LogP contribution >= 0.6 is 0 Å². The molecule has 0 saturated carbocycles. The molecule has 0 N–H and O–H groups in total.